The summed E-state index contributed by atoms with van der Waals surface area (Å²) in [6.45, 7) is 5.57. The van der Waals surface area contributed by atoms with Gasteiger partial charge in [-0.1, -0.05) is 12.8 Å². The molecule has 2 aromatic rings. The predicted molar refractivity (Wildman–Crippen MR) is 143 cm³/mol. The largest absolute Gasteiger partial charge is 0.494 e. The zero-order chi connectivity index (χ0) is 22.2. The van der Waals surface area contributed by atoms with Crippen LogP contribution in [0.5, 0.6) is 17.4 Å². The average Bonchev–Trinajstić information content (AvgIpc) is 3.50. The summed E-state index contributed by atoms with van der Waals surface area (Å²) < 4.78 is 11.4. The summed E-state index contributed by atoms with van der Waals surface area (Å²) in [5, 5.41) is 7.03. The topological polar surface area (TPSA) is 71.0 Å². The number of aliphatic imine (C=N–C) groups is 1. The van der Waals surface area contributed by atoms with Crippen molar-refractivity contribution in [1.29, 1.82) is 0 Å². The van der Waals surface area contributed by atoms with Gasteiger partial charge in [-0.05, 0) is 62.1 Å². The summed E-state index contributed by atoms with van der Waals surface area (Å²) in [6.07, 6.45) is 8.45. The van der Waals surface area contributed by atoms with Gasteiger partial charge >= 0.3 is 0 Å². The summed E-state index contributed by atoms with van der Waals surface area (Å²) in [6, 6.07) is 12.8. The van der Waals surface area contributed by atoms with Gasteiger partial charge in [0, 0.05) is 51.0 Å². The van der Waals surface area contributed by atoms with E-state index in [0.29, 0.717) is 25.1 Å². The van der Waals surface area contributed by atoms with Gasteiger partial charge in [-0.3, -0.25) is 9.89 Å². The molecule has 2 heterocycles. The highest BCUT2D eigenvalue weighted by atomic mass is 127. The van der Waals surface area contributed by atoms with E-state index in [4.69, 9.17) is 9.47 Å². The number of nitrogens with one attached hydrogen (secondary N) is 2. The molecule has 1 atom stereocenters. The zero-order valence-corrected chi connectivity index (χ0v) is 22.0. The molecule has 0 spiro atoms. The number of hydrogen-bond acceptors (Lipinski definition) is 5. The first-order valence-corrected chi connectivity index (χ1v) is 11.8. The van der Waals surface area contributed by atoms with E-state index >= 15 is 0 Å². The molecule has 2 N–H and O–H groups in total. The van der Waals surface area contributed by atoms with E-state index in [1.54, 1.807) is 6.20 Å². The fourth-order valence-corrected chi connectivity index (χ4v) is 4.59. The Balaban J connectivity index is 0.00000306. The van der Waals surface area contributed by atoms with Crippen LogP contribution in [0.15, 0.2) is 47.6 Å². The van der Waals surface area contributed by atoms with E-state index in [-0.39, 0.29) is 24.0 Å². The molecule has 0 bridgehead atoms. The number of nitrogens with zero attached hydrogens (tertiary/aromatic N) is 3. The smallest absolute Gasteiger partial charge is 0.219 e. The van der Waals surface area contributed by atoms with Crippen molar-refractivity contribution in [3.63, 3.8) is 0 Å². The number of rotatable bonds is 8. The van der Waals surface area contributed by atoms with E-state index in [0.717, 1.165) is 35.6 Å². The van der Waals surface area contributed by atoms with Crippen molar-refractivity contribution in [2.45, 2.75) is 57.7 Å². The number of guanidine groups is 1. The molecule has 1 unspecified atom stereocenters. The maximum absolute atomic E-state index is 5.91. The van der Waals surface area contributed by atoms with E-state index in [9.17, 15) is 0 Å². The van der Waals surface area contributed by atoms with Crippen molar-refractivity contribution < 1.29 is 9.47 Å². The molecule has 1 saturated heterocycles. The SMILES string of the molecule is CCOc1ccc(Oc2cc(CNC(=NC)NC3CCN(C4CCCC4)C3)ccn2)cc1.I. The molecule has 7 nitrogen and oxygen atoms in total. The van der Waals surface area contributed by atoms with Crippen LogP contribution < -0.4 is 20.1 Å². The third kappa shape index (κ3) is 7.46. The minimum Gasteiger partial charge on any atom is -0.494 e. The molecule has 0 radical (unpaired) electrons. The van der Waals surface area contributed by atoms with Gasteiger partial charge < -0.3 is 20.1 Å². The lowest BCUT2D eigenvalue weighted by Crippen LogP contribution is -2.45. The highest BCUT2D eigenvalue weighted by Gasteiger charge is 2.30. The first kappa shape index (κ1) is 25.6. The zero-order valence-electron chi connectivity index (χ0n) is 19.6. The van der Waals surface area contributed by atoms with Gasteiger partial charge in [-0.25, -0.2) is 4.98 Å². The Kier molecular flexibility index (Phi) is 10.1. The maximum Gasteiger partial charge on any atom is 0.219 e. The van der Waals surface area contributed by atoms with Gasteiger partial charge in [-0.15, -0.1) is 24.0 Å². The summed E-state index contributed by atoms with van der Waals surface area (Å²) >= 11 is 0. The van der Waals surface area contributed by atoms with Crippen LogP contribution in [0.2, 0.25) is 0 Å². The molecule has 1 aliphatic heterocycles. The van der Waals surface area contributed by atoms with Crippen LogP contribution in [-0.2, 0) is 6.54 Å². The molecule has 180 valence electrons. The third-order valence-electron chi connectivity index (χ3n) is 6.24. The van der Waals surface area contributed by atoms with E-state index in [2.05, 4.69) is 25.5 Å². The first-order valence-electron chi connectivity index (χ1n) is 11.8. The van der Waals surface area contributed by atoms with Gasteiger partial charge in [0.15, 0.2) is 5.96 Å². The number of hydrogen-bond donors (Lipinski definition) is 2. The summed E-state index contributed by atoms with van der Waals surface area (Å²) in [4.78, 5) is 11.4. The van der Waals surface area contributed by atoms with E-state index in [1.807, 2.05) is 50.4 Å². The Labute approximate surface area is 214 Å². The molecule has 1 saturated carbocycles. The minimum absolute atomic E-state index is 0. The molecular formula is C25H36IN5O2. The molecule has 4 rings (SSSR count). The number of halogens is 1. The van der Waals surface area contributed by atoms with Gasteiger partial charge in [0.25, 0.3) is 0 Å². The normalized spacial score (nSPS) is 19.2. The van der Waals surface area contributed by atoms with Crippen molar-refractivity contribution in [1.82, 2.24) is 20.5 Å². The van der Waals surface area contributed by atoms with Crippen LogP contribution in [-0.4, -0.2) is 54.7 Å². The Bertz CT molecular complexity index is 887. The lowest BCUT2D eigenvalue weighted by molar-refractivity contribution is 0.242. The minimum atomic E-state index is 0. The predicted octanol–water partition coefficient (Wildman–Crippen LogP) is 4.57. The number of ether oxygens (including phenoxy) is 2. The molecule has 2 fully saturated rings. The average molecular weight is 566 g/mol. The number of aromatic nitrogens is 1. The molecule has 0 amide bonds. The molecule has 8 heteroatoms. The summed E-state index contributed by atoms with van der Waals surface area (Å²) in [7, 11) is 1.83. The Hall–Kier alpha value is -2.07. The first-order chi connectivity index (χ1) is 15.7. The highest BCUT2D eigenvalue weighted by Crippen LogP contribution is 2.26. The molecule has 1 aromatic carbocycles. The van der Waals surface area contributed by atoms with Crippen molar-refractivity contribution in [3.8, 4) is 17.4 Å². The maximum atomic E-state index is 5.91. The second-order valence-corrected chi connectivity index (χ2v) is 8.50. The van der Waals surface area contributed by atoms with E-state index < -0.39 is 0 Å². The fourth-order valence-electron chi connectivity index (χ4n) is 4.59. The monoisotopic (exact) mass is 565 g/mol. The molecule has 1 aliphatic carbocycles. The van der Waals surface area contributed by atoms with Crippen molar-refractivity contribution in [2.75, 3.05) is 26.7 Å². The van der Waals surface area contributed by atoms with Crippen LogP contribution in [0.1, 0.15) is 44.6 Å². The fraction of sp³-hybridized carbons (Fsp3) is 0.520. The van der Waals surface area contributed by atoms with Crippen LogP contribution in [0.25, 0.3) is 0 Å². The second kappa shape index (κ2) is 13.0. The van der Waals surface area contributed by atoms with Gasteiger partial charge in [0.05, 0.1) is 6.61 Å². The van der Waals surface area contributed by atoms with Crippen LogP contribution in [0.4, 0.5) is 0 Å². The molecule has 2 aliphatic rings. The van der Waals surface area contributed by atoms with Crippen LogP contribution in [0, 0.1) is 0 Å². The van der Waals surface area contributed by atoms with Crippen molar-refractivity contribution in [3.05, 3.63) is 48.2 Å². The van der Waals surface area contributed by atoms with Gasteiger partial charge in [-0.2, -0.15) is 0 Å². The van der Waals surface area contributed by atoms with Crippen LogP contribution >= 0.6 is 24.0 Å². The standard InChI is InChI=1S/C25H35N5O2.HI/c1-3-31-22-8-10-23(11-9-22)32-24-16-19(12-14-27-24)17-28-25(26-2)29-20-13-15-30(18-20)21-6-4-5-7-21;/h8-12,14,16,20-21H,3-7,13,15,17-18H2,1-2H3,(H2,26,28,29);1H. The summed E-state index contributed by atoms with van der Waals surface area (Å²) in [5.41, 5.74) is 1.09. The summed E-state index contributed by atoms with van der Waals surface area (Å²) in [5.74, 6) is 2.98. The Morgan fingerprint density at radius 3 is 2.61 bits per heavy atom. The van der Waals surface area contributed by atoms with Crippen molar-refractivity contribution in [2.24, 2.45) is 4.99 Å². The highest BCUT2D eigenvalue weighted by molar-refractivity contribution is 14.0. The van der Waals surface area contributed by atoms with Gasteiger partial charge in [0.2, 0.25) is 5.88 Å². The quantitative estimate of drug-likeness (QED) is 0.278. The van der Waals surface area contributed by atoms with Gasteiger partial charge in [0.1, 0.15) is 11.5 Å². The lowest BCUT2D eigenvalue weighted by atomic mass is 10.2. The lowest BCUT2D eigenvalue weighted by Gasteiger charge is -2.24. The number of likely N-dealkylation sites (tertiary alicyclic amines) is 1. The second-order valence-electron chi connectivity index (χ2n) is 8.50. The number of benzene rings is 1. The molecule has 33 heavy (non-hydrogen) atoms. The Morgan fingerprint density at radius 1 is 1.12 bits per heavy atom. The molecule has 1 aromatic heterocycles. The van der Waals surface area contributed by atoms with Crippen molar-refractivity contribution >= 4 is 29.9 Å². The van der Waals surface area contributed by atoms with E-state index in [1.165, 1.54) is 38.6 Å². The molecular weight excluding hydrogens is 529 g/mol. The van der Waals surface area contributed by atoms with Crippen LogP contribution in [0.3, 0.4) is 0 Å². The third-order valence-corrected chi connectivity index (χ3v) is 6.24. The number of pyridine rings is 1. The Morgan fingerprint density at radius 2 is 1.88 bits per heavy atom.